The van der Waals surface area contributed by atoms with Crippen molar-refractivity contribution in [3.63, 3.8) is 0 Å². The Morgan fingerprint density at radius 2 is 0.611 bits per heavy atom. The predicted molar refractivity (Wildman–Crippen MR) is 677 cm³/mol. The molecule has 0 amide bonds. The summed E-state index contributed by atoms with van der Waals surface area (Å²) in [6.45, 7) is 43.2. The predicted octanol–water partition coefficient (Wildman–Crippen LogP) is 36.5. The number of hydrogen-bond acceptors (Lipinski definition) is 12. The maximum Gasteiger partial charge on any atom is 0.277 e. The Kier molecular flexibility index (Phi) is 31.1. The van der Waals surface area contributed by atoms with Crippen LogP contribution in [0.25, 0.3) is 60.5 Å². The summed E-state index contributed by atoms with van der Waals surface area (Å²) >= 11 is 36.8. The molecule has 3 N–H and O–H groups in total. The van der Waals surface area contributed by atoms with Crippen molar-refractivity contribution in [3.05, 3.63) is 391 Å². The number of hydrogen-bond donors (Lipinski definition) is 2. The highest BCUT2D eigenvalue weighted by Gasteiger charge is 2.47. The summed E-state index contributed by atoms with van der Waals surface area (Å²) in [6, 6.07) is 126. The number of anilines is 15. The van der Waals surface area contributed by atoms with E-state index in [0.717, 1.165) is 50.0 Å². The second-order valence-corrected chi connectivity index (χ2v) is 81.9. The molecule has 6 aromatic heterocycles. The first-order chi connectivity index (χ1) is 68.7. The van der Waals surface area contributed by atoms with Crippen molar-refractivity contribution in [2.24, 2.45) is 0 Å². The van der Waals surface area contributed by atoms with Gasteiger partial charge in [-0.2, -0.15) is 0 Å². The Balaban J connectivity index is 0.000000129. The van der Waals surface area contributed by atoms with Crippen LogP contribution in [0.2, 0.25) is 133 Å². The number of benzene rings is 15. The van der Waals surface area contributed by atoms with Crippen LogP contribution in [0.4, 0.5) is 85.3 Å². The lowest BCUT2D eigenvalue weighted by Crippen LogP contribution is -2.59. The highest BCUT2D eigenvalue weighted by molar-refractivity contribution is 9.11. The average molecular weight is 2280 g/mol. The van der Waals surface area contributed by atoms with E-state index in [-0.39, 0.29) is 6.71 Å². The van der Waals surface area contributed by atoms with Crippen LogP contribution in [0.5, 0.6) is 0 Å². The highest BCUT2D eigenvalue weighted by Crippen LogP contribution is 2.54. The lowest BCUT2D eigenvalue weighted by Gasteiger charge is -2.42. The van der Waals surface area contributed by atoms with E-state index < -0.39 is 48.4 Å². The number of rotatable bonds is 16. The fourth-order valence-corrected chi connectivity index (χ4v) is 33.5. The maximum atomic E-state index is 7.68. The zero-order valence-electron chi connectivity index (χ0n) is 84.5. The molecule has 0 spiro atoms. The van der Waals surface area contributed by atoms with Crippen LogP contribution >= 0.6 is 135 Å². The standard InChI is InChI=1S/C40H37BN2S2Si2.C40H39ClN2S2Si2.C17H19NSSi.C9H15NSi.C8H5BrS.C6H3BrCl2/c1-46(2,3)28-22-18-26(19-23-28)42-32-14-11-15-33-36(32)41(39-37(42)30-12-7-9-16-34(30)44-39)40-38(31-13-8-10-17-35(31)45-40)43(33)27-20-24-29(25-21-27)47(4,5)6;1-46(2,3)30-22-18-28(19-23-30)42(36-26-44-38-16-9-7-12-32(36)38)34-14-11-15-35(40(34)41)43(29-20-24-31(25-21-29)47(4,5)6)37-27-45-39-17-10-8-13-33(37)39;1-20(2,3)14-10-8-13(9-11-14)18-16-12-19-17-7-5-4-6-15(16)17;1-11(2,3)9-6-4-8(10)5-7-9;9-7-5-10-8-4-2-1-3-6(7)8;7-4-2-1-3-5(8)6(4)9/h7-25H,1-6H3;7-27H,1-6H3;4-12,18H,1-3H3;4-7H,10H2,1-3H3;1-5H;1-3H. The summed E-state index contributed by atoms with van der Waals surface area (Å²) < 4.78 is 12.8. The highest BCUT2D eigenvalue weighted by atomic mass is 79.9. The zero-order valence-corrected chi connectivity index (χ0v) is 101. The van der Waals surface area contributed by atoms with Gasteiger partial charge in [0, 0.05) is 146 Å². The summed E-state index contributed by atoms with van der Waals surface area (Å²) in [6.07, 6.45) is 0. The first kappa shape index (κ1) is 104. The van der Waals surface area contributed by atoms with Gasteiger partial charge in [-0.05, 0) is 183 Å². The van der Waals surface area contributed by atoms with Crippen LogP contribution in [-0.2, 0) is 0 Å². The number of nitrogens with zero attached hydrogens (tertiary/aromatic N) is 4. The summed E-state index contributed by atoms with van der Waals surface area (Å²) in [4.78, 5) is 9.83. The van der Waals surface area contributed by atoms with E-state index in [1.807, 2.05) is 46.9 Å². The van der Waals surface area contributed by atoms with Gasteiger partial charge in [0.2, 0.25) is 0 Å². The van der Waals surface area contributed by atoms with Crippen molar-refractivity contribution in [1.29, 1.82) is 0 Å². The number of nitrogens with one attached hydrogen (secondary N) is 1. The van der Waals surface area contributed by atoms with Gasteiger partial charge in [-0.15, -0.1) is 68.0 Å². The van der Waals surface area contributed by atoms with Gasteiger partial charge in [-0.3, -0.25) is 0 Å². The maximum absolute atomic E-state index is 7.68. The van der Waals surface area contributed by atoms with E-state index in [9.17, 15) is 0 Å². The molecule has 0 radical (unpaired) electrons. The van der Waals surface area contributed by atoms with Crippen LogP contribution in [0, 0.1) is 0 Å². The third-order valence-corrected chi connectivity index (χ3v) is 48.2. The molecule has 0 saturated carbocycles. The van der Waals surface area contributed by atoms with Crippen LogP contribution < -0.4 is 76.8 Å². The van der Waals surface area contributed by atoms with E-state index >= 15 is 0 Å². The minimum Gasteiger partial charge on any atom is -0.399 e. The normalized spacial score (nSPS) is 12.4. The van der Waals surface area contributed by atoms with Gasteiger partial charge >= 0.3 is 0 Å². The topological polar surface area (TPSA) is 51.0 Å². The molecule has 15 aromatic carbocycles. The number of halogens is 5. The number of thiophene rings is 6. The van der Waals surface area contributed by atoms with Crippen LogP contribution in [-0.4, -0.2) is 55.2 Å². The Labute approximate surface area is 911 Å². The molecule has 0 saturated heterocycles. The molecule has 144 heavy (non-hydrogen) atoms. The summed E-state index contributed by atoms with van der Waals surface area (Å²) in [5, 5.41) is 30.8. The lowest BCUT2D eigenvalue weighted by atomic mass is 9.39. The monoisotopic (exact) mass is 2280 g/mol. The molecule has 0 unspecified atom stereocenters. The van der Waals surface area contributed by atoms with Gasteiger partial charge in [0.15, 0.2) is 0 Å². The van der Waals surface area contributed by atoms with E-state index in [1.165, 1.54) is 151 Å². The van der Waals surface area contributed by atoms with Gasteiger partial charge < -0.3 is 30.7 Å². The van der Waals surface area contributed by atoms with Gasteiger partial charge in [0.05, 0.1) is 103 Å². The third-order valence-electron chi connectivity index (χ3n) is 26.4. The Morgan fingerprint density at radius 3 is 1.00 bits per heavy atom. The number of nitrogens with two attached hydrogens (primary N) is 1. The van der Waals surface area contributed by atoms with E-state index in [4.69, 9.17) is 40.5 Å². The minimum absolute atomic E-state index is 0.177. The molecule has 23 rings (SSSR count). The second-order valence-electron chi connectivity index (χ2n) is 42.7. The Hall–Kier alpha value is -9.94. The molecule has 0 bridgehead atoms. The van der Waals surface area contributed by atoms with Crippen molar-refractivity contribution < 1.29 is 0 Å². The molecule has 24 heteroatoms. The summed E-state index contributed by atoms with van der Waals surface area (Å²) in [5.74, 6) is 0. The van der Waals surface area contributed by atoms with Crippen LogP contribution in [0.1, 0.15) is 0 Å². The quantitative estimate of drug-likeness (QED) is 0.0571. The summed E-state index contributed by atoms with van der Waals surface area (Å²) in [5.41, 5.74) is 24.3. The fourth-order valence-electron chi connectivity index (χ4n) is 18.4. The average Bonchev–Trinajstić information content (AvgIpc) is 1.49. The van der Waals surface area contributed by atoms with Crippen molar-refractivity contribution in [2.45, 2.75) is 118 Å². The largest absolute Gasteiger partial charge is 0.399 e. The molecule has 2 aliphatic rings. The second kappa shape index (κ2) is 43.1. The van der Waals surface area contributed by atoms with Crippen molar-refractivity contribution in [2.75, 3.05) is 30.7 Å². The van der Waals surface area contributed by atoms with Crippen LogP contribution in [0.15, 0.2) is 376 Å². The van der Waals surface area contributed by atoms with Gasteiger partial charge in [0.25, 0.3) is 6.71 Å². The fraction of sp³-hybridized carbons (Fsp3) is 0.150. The smallest absolute Gasteiger partial charge is 0.277 e. The first-order valence-electron chi connectivity index (χ1n) is 48.6. The zero-order chi connectivity index (χ0) is 102. The van der Waals surface area contributed by atoms with Gasteiger partial charge in [-0.25, -0.2) is 0 Å². The first-order valence-corrected chi connectivity index (χ1v) is 77.5. The Bertz CT molecular complexity index is 7840. The number of fused-ring (bicyclic) bond motifs is 12. The lowest BCUT2D eigenvalue weighted by molar-refractivity contribution is 1.27. The van der Waals surface area contributed by atoms with Crippen molar-refractivity contribution in [3.8, 4) is 0 Å². The molecular formula is C120H118BBr2Cl3N6S6Si6. The molecule has 726 valence electrons. The molecule has 8 heterocycles. The van der Waals surface area contributed by atoms with Crippen molar-refractivity contribution in [1.82, 2.24) is 0 Å². The Morgan fingerprint density at radius 1 is 0.292 bits per heavy atom. The van der Waals surface area contributed by atoms with Crippen molar-refractivity contribution >= 4 is 382 Å². The SMILES string of the molecule is Brc1csc2ccccc12.C[Si](C)(C)c1ccc(N(c2cccc(N(c3ccc([Si](C)(C)C)cc3)c3csc4ccccc34)c2Cl)c2csc3ccccc23)cc1.C[Si](C)(C)c1ccc(N)cc1.C[Si](C)(C)c1ccc(N2c3cccc4c3B(c3sc5ccccc5c32)c2sc3ccccc3c2N4c2ccc([Si](C)(C)C)cc2)cc1.C[Si](C)(C)c1ccc(Nc2csc3ccccc23)cc1.Clc1cccc(Br)c1Cl. The minimum atomic E-state index is -1.47. The van der Waals surface area contributed by atoms with E-state index in [0.29, 0.717) is 15.1 Å². The molecule has 21 aromatic rings. The third kappa shape index (κ3) is 22.4. The molecule has 2 aliphatic heterocycles. The molecule has 6 nitrogen and oxygen atoms in total. The molecule has 0 fully saturated rings. The molecule has 0 atom stereocenters. The van der Waals surface area contributed by atoms with Gasteiger partial charge in [0.1, 0.15) is 0 Å². The van der Waals surface area contributed by atoms with Crippen LogP contribution in [0.3, 0.4) is 0 Å². The molecule has 0 aliphatic carbocycles. The summed E-state index contributed by atoms with van der Waals surface area (Å²) in [7, 11) is -8.12. The van der Waals surface area contributed by atoms with E-state index in [1.54, 1.807) is 51.4 Å². The molecular weight excluding hydrogens is 2160 g/mol. The van der Waals surface area contributed by atoms with Gasteiger partial charge in [-0.1, -0.05) is 384 Å². The van der Waals surface area contributed by atoms with E-state index in [2.05, 4.69) is 512 Å². The number of nitrogen functional groups attached to an aromatic ring is 1.